The molecule has 280 valence electrons. The largest absolute Gasteiger partial charge is 0.508 e. The Morgan fingerprint density at radius 2 is 1.51 bits per heavy atom. The van der Waals surface area contributed by atoms with Gasteiger partial charge in [-0.15, -0.1) is 0 Å². The van der Waals surface area contributed by atoms with Crippen LogP contribution in [0.2, 0.25) is 0 Å². The van der Waals surface area contributed by atoms with Crippen LogP contribution in [0.25, 0.3) is 0 Å². The second-order valence-corrected chi connectivity index (χ2v) is 16.7. The molecule has 2 N–H and O–H groups in total. The van der Waals surface area contributed by atoms with Crippen molar-refractivity contribution in [1.82, 2.24) is 15.1 Å². The molecule has 0 radical (unpaired) electrons. The Morgan fingerprint density at radius 3 is 2.25 bits per heavy atom. The number of carbonyl (C=O) groups is 3. The Morgan fingerprint density at radius 1 is 0.774 bits per heavy atom. The monoisotopic (exact) mass is 717 g/mol. The number of piperazine rings is 1. The SMILES string of the molecule is CC(C)CC[C@H]1CCc2cc(O)ccc2[C@H]1c1ccc(N2CCC(CN3CCN(c4ccc5c(c4)CN([C@@H]4CCC(=O)NC4=O)C5=O)CC3)CC2)cc1. The van der Waals surface area contributed by atoms with Gasteiger partial charge in [-0.25, -0.2) is 0 Å². The molecule has 0 spiro atoms. The average Bonchev–Trinajstić information content (AvgIpc) is 3.49. The normalized spacial score (nSPS) is 24.1. The number of hydrogen-bond donors (Lipinski definition) is 2. The van der Waals surface area contributed by atoms with E-state index in [1.54, 1.807) is 4.90 Å². The second-order valence-electron chi connectivity index (χ2n) is 16.7. The summed E-state index contributed by atoms with van der Waals surface area (Å²) in [5, 5.41) is 12.6. The van der Waals surface area contributed by atoms with E-state index in [1.807, 2.05) is 24.3 Å². The number of nitrogens with one attached hydrogen (secondary N) is 1. The number of aryl methyl sites for hydroxylation is 1. The summed E-state index contributed by atoms with van der Waals surface area (Å²) in [6.45, 7) is 12.4. The van der Waals surface area contributed by atoms with Crippen LogP contribution < -0.4 is 15.1 Å². The highest BCUT2D eigenvalue weighted by Crippen LogP contribution is 2.44. The summed E-state index contributed by atoms with van der Waals surface area (Å²) >= 11 is 0. The molecule has 9 heteroatoms. The number of hydrogen-bond acceptors (Lipinski definition) is 7. The minimum atomic E-state index is -0.582. The number of piperidine rings is 2. The van der Waals surface area contributed by atoms with E-state index in [2.05, 4.69) is 70.3 Å². The number of rotatable bonds is 9. The van der Waals surface area contributed by atoms with E-state index in [0.29, 0.717) is 48.0 Å². The predicted molar refractivity (Wildman–Crippen MR) is 208 cm³/mol. The van der Waals surface area contributed by atoms with Crippen LogP contribution in [0, 0.1) is 17.8 Å². The Bertz CT molecular complexity index is 1830. The van der Waals surface area contributed by atoms with Crippen molar-refractivity contribution in [2.24, 2.45) is 17.8 Å². The van der Waals surface area contributed by atoms with Crippen molar-refractivity contribution < 1.29 is 19.5 Å². The number of fused-ring (bicyclic) bond motifs is 2. The molecule has 3 saturated heterocycles. The minimum Gasteiger partial charge on any atom is -0.508 e. The number of anilines is 2. The minimum absolute atomic E-state index is 0.118. The standard InChI is InChI=1S/C44H55N5O4/c1-29(2)3-4-31-5-6-33-26-37(50)12-14-38(33)42(31)32-7-9-35(10-8-32)47-19-17-30(18-20-47)27-46-21-23-48(24-22-46)36-11-13-39-34(25-36)28-49(44(39)53)40-15-16-41(51)45-43(40)52/h7-14,25-26,29-31,40,42,50H,3-6,15-24,27-28H2,1-2H3,(H,45,51,52)/t31-,40+,42+/m0/s1. The number of phenols is 1. The van der Waals surface area contributed by atoms with E-state index in [4.69, 9.17) is 0 Å². The van der Waals surface area contributed by atoms with Gasteiger partial charge < -0.3 is 19.8 Å². The number of benzene rings is 3. The fourth-order valence-electron chi connectivity index (χ4n) is 9.76. The number of amides is 3. The number of nitrogens with zero attached hydrogens (tertiary/aromatic N) is 4. The van der Waals surface area contributed by atoms with Gasteiger partial charge in [-0.05, 0) is 121 Å². The number of carbonyl (C=O) groups excluding carboxylic acids is 3. The van der Waals surface area contributed by atoms with Gasteiger partial charge in [0, 0.05) is 81.6 Å². The molecule has 1 aliphatic carbocycles. The van der Waals surface area contributed by atoms with Crippen LogP contribution in [0.4, 0.5) is 11.4 Å². The smallest absolute Gasteiger partial charge is 0.255 e. The summed E-state index contributed by atoms with van der Waals surface area (Å²) in [7, 11) is 0. The van der Waals surface area contributed by atoms with E-state index >= 15 is 0 Å². The van der Waals surface area contributed by atoms with Crippen LogP contribution in [-0.4, -0.2) is 84.5 Å². The van der Waals surface area contributed by atoms with E-state index in [0.717, 1.165) is 63.5 Å². The van der Waals surface area contributed by atoms with Crippen molar-refractivity contribution in [3.05, 3.63) is 88.5 Å². The van der Waals surface area contributed by atoms with Gasteiger partial charge in [0.25, 0.3) is 5.91 Å². The molecule has 3 aromatic carbocycles. The lowest BCUT2D eigenvalue weighted by molar-refractivity contribution is -0.136. The fourth-order valence-corrected chi connectivity index (χ4v) is 9.76. The Hall–Kier alpha value is -4.37. The summed E-state index contributed by atoms with van der Waals surface area (Å²) < 4.78 is 0. The predicted octanol–water partition coefficient (Wildman–Crippen LogP) is 6.32. The second kappa shape index (κ2) is 15.2. The Balaban J connectivity index is 0.825. The van der Waals surface area contributed by atoms with Crippen molar-refractivity contribution in [2.75, 3.05) is 55.6 Å². The first-order valence-electron chi connectivity index (χ1n) is 20.1. The third kappa shape index (κ3) is 7.55. The zero-order chi connectivity index (χ0) is 36.6. The Kier molecular flexibility index (Phi) is 10.2. The van der Waals surface area contributed by atoms with Gasteiger partial charge in [0.1, 0.15) is 11.8 Å². The van der Waals surface area contributed by atoms with Crippen molar-refractivity contribution in [3.8, 4) is 5.75 Å². The zero-order valence-corrected chi connectivity index (χ0v) is 31.4. The fraction of sp³-hybridized carbons (Fsp3) is 0.523. The highest BCUT2D eigenvalue weighted by atomic mass is 16.3. The molecular formula is C44H55N5O4. The Labute approximate surface area is 314 Å². The van der Waals surface area contributed by atoms with Crippen LogP contribution in [0.1, 0.15) is 97.3 Å². The van der Waals surface area contributed by atoms with E-state index in [-0.39, 0.29) is 24.1 Å². The van der Waals surface area contributed by atoms with E-state index in [1.165, 1.54) is 54.5 Å². The quantitative estimate of drug-likeness (QED) is 0.250. The molecule has 9 nitrogen and oxygen atoms in total. The molecule has 3 fully saturated rings. The molecule has 53 heavy (non-hydrogen) atoms. The molecule has 0 saturated carbocycles. The highest BCUT2D eigenvalue weighted by molar-refractivity contribution is 6.05. The first-order chi connectivity index (χ1) is 25.7. The maximum atomic E-state index is 13.1. The van der Waals surface area contributed by atoms with Gasteiger partial charge in [-0.1, -0.05) is 38.5 Å². The lowest BCUT2D eigenvalue weighted by Gasteiger charge is -2.40. The van der Waals surface area contributed by atoms with Crippen LogP contribution in [0.5, 0.6) is 5.75 Å². The van der Waals surface area contributed by atoms with E-state index in [9.17, 15) is 19.5 Å². The lowest BCUT2D eigenvalue weighted by Crippen LogP contribution is -2.52. The maximum absolute atomic E-state index is 13.1. The molecule has 3 amide bonds. The first kappa shape index (κ1) is 35.6. The number of phenolic OH excluding ortho intramolecular Hbond substituents is 1. The van der Waals surface area contributed by atoms with Crippen LogP contribution in [-0.2, 0) is 22.6 Å². The molecule has 4 aliphatic heterocycles. The third-order valence-electron chi connectivity index (χ3n) is 12.8. The molecule has 4 heterocycles. The summed E-state index contributed by atoms with van der Waals surface area (Å²) in [6, 6.07) is 21.0. The van der Waals surface area contributed by atoms with Crippen molar-refractivity contribution >= 4 is 29.1 Å². The molecule has 3 atom stereocenters. The maximum Gasteiger partial charge on any atom is 0.255 e. The van der Waals surface area contributed by atoms with Gasteiger partial charge >= 0.3 is 0 Å². The molecule has 5 aliphatic rings. The van der Waals surface area contributed by atoms with Crippen LogP contribution >= 0.6 is 0 Å². The number of aromatic hydroxyl groups is 1. The highest BCUT2D eigenvalue weighted by Gasteiger charge is 2.39. The number of imide groups is 1. The topological polar surface area (TPSA) is 96.4 Å². The molecule has 0 aromatic heterocycles. The van der Waals surface area contributed by atoms with Crippen LogP contribution in [0.3, 0.4) is 0 Å². The van der Waals surface area contributed by atoms with Gasteiger partial charge in [0.15, 0.2) is 0 Å². The van der Waals surface area contributed by atoms with Crippen LogP contribution in [0.15, 0.2) is 60.7 Å². The zero-order valence-electron chi connectivity index (χ0n) is 31.4. The summed E-state index contributed by atoms with van der Waals surface area (Å²) in [4.78, 5) is 46.5. The molecule has 0 unspecified atom stereocenters. The van der Waals surface area contributed by atoms with Crippen molar-refractivity contribution in [2.45, 2.75) is 83.7 Å². The van der Waals surface area contributed by atoms with Gasteiger partial charge in [-0.2, -0.15) is 0 Å². The summed E-state index contributed by atoms with van der Waals surface area (Å²) in [5.41, 5.74) is 8.22. The lowest BCUT2D eigenvalue weighted by atomic mass is 9.70. The van der Waals surface area contributed by atoms with Gasteiger partial charge in [-0.3, -0.25) is 24.6 Å². The first-order valence-corrected chi connectivity index (χ1v) is 20.1. The third-order valence-corrected chi connectivity index (χ3v) is 12.8. The van der Waals surface area contributed by atoms with Crippen molar-refractivity contribution in [1.29, 1.82) is 0 Å². The van der Waals surface area contributed by atoms with E-state index < -0.39 is 6.04 Å². The summed E-state index contributed by atoms with van der Waals surface area (Å²) in [6.07, 6.45) is 7.80. The summed E-state index contributed by atoms with van der Waals surface area (Å²) in [5.74, 6) is 2.07. The molecule has 3 aromatic rings. The molecular weight excluding hydrogens is 663 g/mol. The molecule has 0 bridgehead atoms. The van der Waals surface area contributed by atoms with Gasteiger partial charge in [0.2, 0.25) is 11.8 Å². The van der Waals surface area contributed by atoms with Crippen molar-refractivity contribution in [3.63, 3.8) is 0 Å². The average molecular weight is 718 g/mol. The van der Waals surface area contributed by atoms with Gasteiger partial charge in [0.05, 0.1) is 0 Å². The molecule has 8 rings (SSSR count).